The summed E-state index contributed by atoms with van der Waals surface area (Å²) < 4.78 is 5.35. The van der Waals surface area contributed by atoms with Gasteiger partial charge in [-0.2, -0.15) is 10.4 Å². The molecule has 2 aromatic rings. The fourth-order valence-electron chi connectivity index (χ4n) is 2.43. The summed E-state index contributed by atoms with van der Waals surface area (Å²) in [6, 6.07) is 16.8. The molecule has 0 atom stereocenters. The van der Waals surface area contributed by atoms with Crippen molar-refractivity contribution in [2.24, 2.45) is 5.10 Å². The molecule has 1 aliphatic carbocycles. The van der Waals surface area contributed by atoms with Crippen LogP contribution in [0, 0.1) is 11.3 Å². The first-order valence-electron chi connectivity index (χ1n) is 7.28. The zero-order valence-corrected chi connectivity index (χ0v) is 12.5. The van der Waals surface area contributed by atoms with E-state index in [9.17, 15) is 4.79 Å². The average molecular weight is 305 g/mol. The van der Waals surface area contributed by atoms with Crippen molar-refractivity contribution in [3.63, 3.8) is 0 Å². The van der Waals surface area contributed by atoms with Crippen molar-refractivity contribution in [3.05, 3.63) is 65.2 Å². The average Bonchev–Trinajstić information content (AvgIpc) is 3.01. The zero-order chi connectivity index (χ0) is 16.1. The van der Waals surface area contributed by atoms with Gasteiger partial charge in [-0.3, -0.25) is 4.79 Å². The van der Waals surface area contributed by atoms with Crippen molar-refractivity contribution in [3.8, 4) is 11.8 Å². The number of ether oxygens (including phenoxy) is 1. The molecular weight excluding hydrogens is 290 g/mol. The summed E-state index contributed by atoms with van der Waals surface area (Å²) in [5.41, 5.74) is 6.53. The Morgan fingerprint density at radius 3 is 2.39 bits per heavy atom. The predicted molar refractivity (Wildman–Crippen MR) is 86.1 cm³/mol. The third kappa shape index (κ3) is 3.74. The van der Waals surface area contributed by atoms with Crippen LogP contribution in [0.3, 0.4) is 0 Å². The normalized spacial score (nSPS) is 12.2. The van der Waals surface area contributed by atoms with Gasteiger partial charge in [0.15, 0.2) is 6.61 Å². The summed E-state index contributed by atoms with van der Waals surface area (Å²) in [6.45, 7) is -0.115. The monoisotopic (exact) mass is 305 g/mol. The summed E-state index contributed by atoms with van der Waals surface area (Å²) in [4.78, 5) is 11.8. The van der Waals surface area contributed by atoms with Gasteiger partial charge in [-0.05, 0) is 35.4 Å². The van der Waals surface area contributed by atoms with Crippen molar-refractivity contribution in [1.29, 1.82) is 5.26 Å². The number of hydrogen-bond donors (Lipinski definition) is 1. The molecule has 0 radical (unpaired) electrons. The van der Waals surface area contributed by atoms with Gasteiger partial charge in [-0.1, -0.05) is 24.3 Å². The molecule has 5 heteroatoms. The molecule has 0 fully saturated rings. The first-order chi connectivity index (χ1) is 11.2. The van der Waals surface area contributed by atoms with E-state index in [0.29, 0.717) is 11.3 Å². The highest BCUT2D eigenvalue weighted by Gasteiger charge is 2.16. The smallest absolute Gasteiger partial charge is 0.277 e. The number of fused-ring (bicyclic) bond motifs is 1. The number of carbonyl (C=O) groups is 1. The van der Waals surface area contributed by atoms with Crippen molar-refractivity contribution < 1.29 is 9.53 Å². The molecule has 0 saturated carbocycles. The third-order valence-electron chi connectivity index (χ3n) is 3.60. The van der Waals surface area contributed by atoms with Crippen molar-refractivity contribution >= 4 is 11.6 Å². The van der Waals surface area contributed by atoms with E-state index in [1.165, 1.54) is 11.1 Å². The fourth-order valence-corrected chi connectivity index (χ4v) is 2.43. The molecular formula is C18H15N3O2. The highest BCUT2D eigenvalue weighted by Crippen LogP contribution is 2.19. The second kappa shape index (κ2) is 6.75. The van der Waals surface area contributed by atoms with Gasteiger partial charge in [0.25, 0.3) is 5.91 Å². The highest BCUT2D eigenvalue weighted by atomic mass is 16.5. The fraction of sp³-hybridized carbons (Fsp3) is 0.167. The number of rotatable bonds is 4. The second-order valence-corrected chi connectivity index (χ2v) is 5.26. The maximum Gasteiger partial charge on any atom is 0.277 e. The van der Waals surface area contributed by atoms with Crippen LogP contribution in [0.5, 0.6) is 5.75 Å². The molecule has 0 heterocycles. The van der Waals surface area contributed by atoms with Gasteiger partial charge in [-0.15, -0.1) is 0 Å². The zero-order valence-electron chi connectivity index (χ0n) is 12.5. The van der Waals surface area contributed by atoms with Crippen LogP contribution in [0.15, 0.2) is 53.6 Å². The molecule has 1 amide bonds. The molecule has 1 N–H and O–H groups in total. The van der Waals surface area contributed by atoms with E-state index < -0.39 is 0 Å². The molecule has 114 valence electrons. The lowest BCUT2D eigenvalue weighted by Gasteiger charge is -2.05. The van der Waals surface area contributed by atoms with E-state index in [1.54, 1.807) is 24.3 Å². The van der Waals surface area contributed by atoms with Crippen LogP contribution >= 0.6 is 0 Å². The Kier molecular flexibility index (Phi) is 4.34. The minimum absolute atomic E-state index is 0.115. The van der Waals surface area contributed by atoms with Crippen molar-refractivity contribution in [1.82, 2.24) is 5.43 Å². The molecule has 0 saturated heterocycles. The summed E-state index contributed by atoms with van der Waals surface area (Å²) >= 11 is 0. The predicted octanol–water partition coefficient (Wildman–Crippen LogP) is 2.21. The molecule has 1 aliphatic rings. The van der Waals surface area contributed by atoms with E-state index >= 15 is 0 Å². The van der Waals surface area contributed by atoms with Gasteiger partial charge < -0.3 is 4.74 Å². The Hall–Kier alpha value is -3.13. The summed E-state index contributed by atoms with van der Waals surface area (Å²) in [5, 5.41) is 12.9. The van der Waals surface area contributed by atoms with Gasteiger partial charge in [0.2, 0.25) is 0 Å². The highest BCUT2D eigenvalue weighted by molar-refractivity contribution is 5.93. The topological polar surface area (TPSA) is 74.5 Å². The summed E-state index contributed by atoms with van der Waals surface area (Å²) in [7, 11) is 0. The molecule has 23 heavy (non-hydrogen) atoms. The number of nitrogens with one attached hydrogen (secondary N) is 1. The van der Waals surface area contributed by atoms with Crippen molar-refractivity contribution in [2.75, 3.05) is 6.61 Å². The lowest BCUT2D eigenvalue weighted by atomic mass is 10.1. The Bertz CT molecular complexity index is 762. The largest absolute Gasteiger partial charge is 0.484 e. The standard InChI is InChI=1S/C18H15N3O2/c19-11-13-5-7-17(8-6-13)23-12-18(22)21-20-16-9-14-3-1-2-4-15(14)10-16/h1-8H,9-10,12H2,(H,21,22). The van der Waals surface area contributed by atoms with Gasteiger partial charge in [0, 0.05) is 18.6 Å². The van der Waals surface area contributed by atoms with Crippen LogP contribution in [-0.2, 0) is 17.6 Å². The van der Waals surface area contributed by atoms with Crippen LogP contribution in [-0.4, -0.2) is 18.2 Å². The number of amides is 1. The van der Waals surface area contributed by atoms with Gasteiger partial charge in [0.05, 0.1) is 11.6 Å². The van der Waals surface area contributed by atoms with Crippen LogP contribution in [0.25, 0.3) is 0 Å². The van der Waals surface area contributed by atoms with Crippen LogP contribution < -0.4 is 10.2 Å². The molecule has 0 aromatic heterocycles. The molecule has 3 rings (SSSR count). The summed E-state index contributed by atoms with van der Waals surface area (Å²) in [6.07, 6.45) is 1.54. The first kappa shape index (κ1) is 14.8. The lowest BCUT2D eigenvalue weighted by Crippen LogP contribution is -2.26. The Morgan fingerprint density at radius 2 is 1.78 bits per heavy atom. The lowest BCUT2D eigenvalue weighted by molar-refractivity contribution is -0.123. The van der Waals surface area contributed by atoms with Crippen molar-refractivity contribution in [2.45, 2.75) is 12.8 Å². The van der Waals surface area contributed by atoms with Crippen LogP contribution in [0.1, 0.15) is 16.7 Å². The Balaban J connectivity index is 1.49. The van der Waals surface area contributed by atoms with Crippen LogP contribution in [0.4, 0.5) is 0 Å². The number of carbonyl (C=O) groups excluding carboxylic acids is 1. The number of benzene rings is 2. The van der Waals surface area contributed by atoms with Gasteiger partial charge in [0.1, 0.15) is 5.75 Å². The SMILES string of the molecule is N#Cc1ccc(OCC(=O)NN=C2Cc3ccccc3C2)cc1. The number of hydrogen-bond acceptors (Lipinski definition) is 4. The maximum atomic E-state index is 11.8. The maximum absolute atomic E-state index is 11.8. The second-order valence-electron chi connectivity index (χ2n) is 5.26. The minimum atomic E-state index is -0.308. The first-order valence-corrected chi connectivity index (χ1v) is 7.28. The number of hydrazone groups is 1. The Morgan fingerprint density at radius 1 is 1.13 bits per heavy atom. The third-order valence-corrected chi connectivity index (χ3v) is 3.60. The molecule has 0 unspecified atom stereocenters. The molecule has 2 aromatic carbocycles. The quantitative estimate of drug-likeness (QED) is 0.880. The molecule has 5 nitrogen and oxygen atoms in total. The van der Waals surface area contributed by atoms with Gasteiger partial charge >= 0.3 is 0 Å². The van der Waals surface area contributed by atoms with Crippen LogP contribution in [0.2, 0.25) is 0 Å². The van der Waals surface area contributed by atoms with E-state index in [2.05, 4.69) is 22.7 Å². The molecule has 0 aliphatic heterocycles. The molecule has 0 spiro atoms. The van der Waals surface area contributed by atoms with E-state index in [1.807, 2.05) is 18.2 Å². The van der Waals surface area contributed by atoms with E-state index in [4.69, 9.17) is 10.00 Å². The molecule has 0 bridgehead atoms. The van der Waals surface area contributed by atoms with Gasteiger partial charge in [-0.25, -0.2) is 5.43 Å². The summed E-state index contributed by atoms with van der Waals surface area (Å²) in [5.74, 6) is 0.234. The Labute approximate surface area is 134 Å². The number of nitriles is 1. The van der Waals surface area contributed by atoms with E-state index in [0.717, 1.165) is 18.6 Å². The minimum Gasteiger partial charge on any atom is -0.484 e. The van der Waals surface area contributed by atoms with E-state index in [-0.39, 0.29) is 12.5 Å². The number of nitrogens with zero attached hydrogens (tertiary/aromatic N) is 2.